The summed E-state index contributed by atoms with van der Waals surface area (Å²) < 4.78 is 77.1. The van der Waals surface area contributed by atoms with Crippen LogP contribution in [0.5, 0.6) is 11.5 Å². The number of ether oxygens (including phenoxy) is 2. The Balaban J connectivity index is 2.14. The summed E-state index contributed by atoms with van der Waals surface area (Å²) in [7, 11) is -1.63. The second-order valence-electron chi connectivity index (χ2n) is 7.53. The van der Waals surface area contributed by atoms with Crippen LogP contribution >= 0.6 is 0 Å². The normalized spacial score (nSPS) is 20.5. The third kappa shape index (κ3) is 4.53. The zero-order chi connectivity index (χ0) is 21.4. The van der Waals surface area contributed by atoms with Crippen LogP contribution in [0.2, 0.25) is 0 Å². The SMILES string of the molecule is CC(C)(C)S(=O)N[C@]1(c2ccc(OC(F)(F)F)cc2F)CCOc2cccnc21. The Morgan fingerprint density at radius 2 is 1.97 bits per heavy atom. The minimum atomic E-state index is -4.94. The maximum absolute atomic E-state index is 15.0. The first-order chi connectivity index (χ1) is 13.4. The van der Waals surface area contributed by atoms with E-state index in [1.807, 2.05) is 0 Å². The fourth-order valence-electron chi connectivity index (χ4n) is 3.03. The average Bonchev–Trinajstić information content (AvgIpc) is 2.60. The second kappa shape index (κ2) is 7.56. The van der Waals surface area contributed by atoms with Crippen molar-refractivity contribution in [1.29, 1.82) is 0 Å². The Labute approximate surface area is 168 Å². The molecule has 0 aliphatic carbocycles. The van der Waals surface area contributed by atoms with Gasteiger partial charge in [0.1, 0.15) is 28.5 Å². The van der Waals surface area contributed by atoms with E-state index in [4.69, 9.17) is 4.74 Å². The predicted octanol–water partition coefficient (Wildman–Crippen LogP) is 4.20. The van der Waals surface area contributed by atoms with Crippen molar-refractivity contribution < 1.29 is 31.2 Å². The van der Waals surface area contributed by atoms with Crippen LogP contribution < -0.4 is 14.2 Å². The van der Waals surface area contributed by atoms with E-state index in [0.717, 1.165) is 6.07 Å². The molecule has 0 spiro atoms. The largest absolute Gasteiger partial charge is 0.573 e. The monoisotopic (exact) mass is 432 g/mol. The third-order valence-electron chi connectivity index (χ3n) is 4.37. The number of benzene rings is 1. The molecule has 3 rings (SSSR count). The molecule has 0 fully saturated rings. The first kappa shape index (κ1) is 21.5. The highest BCUT2D eigenvalue weighted by Crippen LogP contribution is 2.43. The van der Waals surface area contributed by atoms with E-state index in [0.29, 0.717) is 17.5 Å². The number of nitrogens with zero attached hydrogens (tertiary/aromatic N) is 1. The number of pyridine rings is 1. The van der Waals surface area contributed by atoms with Gasteiger partial charge in [0, 0.05) is 24.2 Å². The highest BCUT2D eigenvalue weighted by molar-refractivity contribution is 7.84. The van der Waals surface area contributed by atoms with Gasteiger partial charge in [0.05, 0.1) is 22.3 Å². The Kier molecular flexibility index (Phi) is 5.61. The molecule has 1 N–H and O–H groups in total. The molecular formula is C19H20F4N2O3S. The lowest BCUT2D eigenvalue weighted by atomic mass is 9.82. The minimum Gasteiger partial charge on any atom is -0.491 e. The van der Waals surface area contributed by atoms with Crippen LogP contribution in [0.1, 0.15) is 38.4 Å². The number of nitrogens with one attached hydrogen (secondary N) is 1. The summed E-state index contributed by atoms with van der Waals surface area (Å²) in [5, 5.41) is 0. The zero-order valence-electron chi connectivity index (χ0n) is 16.0. The van der Waals surface area contributed by atoms with Crippen LogP contribution in [0.4, 0.5) is 17.6 Å². The average molecular weight is 432 g/mol. The summed E-state index contributed by atoms with van der Waals surface area (Å²) in [5.74, 6) is -1.24. The smallest absolute Gasteiger partial charge is 0.491 e. The molecule has 0 radical (unpaired) electrons. The quantitative estimate of drug-likeness (QED) is 0.736. The number of hydrogen-bond acceptors (Lipinski definition) is 4. The van der Waals surface area contributed by atoms with Gasteiger partial charge in [-0.05, 0) is 39.0 Å². The maximum atomic E-state index is 15.0. The summed E-state index contributed by atoms with van der Waals surface area (Å²) >= 11 is 0. The fraction of sp³-hybridized carbons (Fsp3) is 0.421. The van der Waals surface area contributed by atoms with Crippen LogP contribution in [0.25, 0.3) is 0 Å². The molecule has 1 aliphatic heterocycles. The van der Waals surface area contributed by atoms with Gasteiger partial charge in [-0.3, -0.25) is 4.98 Å². The fourth-order valence-corrected chi connectivity index (χ4v) is 3.96. The van der Waals surface area contributed by atoms with Gasteiger partial charge in [-0.1, -0.05) is 6.07 Å². The Morgan fingerprint density at radius 1 is 1.24 bits per heavy atom. The van der Waals surface area contributed by atoms with Crippen molar-refractivity contribution in [2.24, 2.45) is 0 Å². The van der Waals surface area contributed by atoms with Gasteiger partial charge in [-0.25, -0.2) is 13.3 Å². The molecule has 0 saturated carbocycles. The zero-order valence-corrected chi connectivity index (χ0v) is 16.8. The van der Waals surface area contributed by atoms with Gasteiger partial charge in [-0.2, -0.15) is 0 Å². The molecule has 1 aliphatic rings. The van der Waals surface area contributed by atoms with Crippen molar-refractivity contribution in [3.05, 3.63) is 53.6 Å². The molecule has 1 aromatic carbocycles. The standard InChI is InChI=1S/C19H20F4N2O3S/c1-17(2,3)29(26)25-18(8-10-27-15-5-4-9-24-16(15)18)13-7-6-12(11-14(13)20)28-19(21,22)23/h4-7,9,11,25H,8,10H2,1-3H3/t18-,29?/m0/s1. The third-order valence-corrected chi connectivity index (χ3v) is 6.01. The number of alkyl halides is 3. The van der Waals surface area contributed by atoms with Gasteiger partial charge < -0.3 is 9.47 Å². The summed E-state index contributed by atoms with van der Waals surface area (Å²) in [6, 6.07) is 6.16. The lowest BCUT2D eigenvalue weighted by Crippen LogP contribution is -2.52. The van der Waals surface area contributed by atoms with E-state index >= 15 is 4.39 Å². The van der Waals surface area contributed by atoms with Gasteiger partial charge in [0.25, 0.3) is 0 Å². The molecule has 10 heteroatoms. The van der Waals surface area contributed by atoms with Crippen LogP contribution in [-0.2, 0) is 16.5 Å². The molecule has 0 amide bonds. The number of fused-ring (bicyclic) bond motifs is 1. The first-order valence-electron chi connectivity index (χ1n) is 8.76. The van der Waals surface area contributed by atoms with E-state index in [1.54, 1.807) is 32.9 Å². The van der Waals surface area contributed by atoms with Gasteiger partial charge in [0.2, 0.25) is 0 Å². The van der Waals surface area contributed by atoms with Crippen molar-refractivity contribution in [2.75, 3.05) is 6.61 Å². The molecule has 0 bridgehead atoms. The topological polar surface area (TPSA) is 60.5 Å². The van der Waals surface area contributed by atoms with Crippen molar-refractivity contribution in [1.82, 2.24) is 9.71 Å². The van der Waals surface area contributed by atoms with Gasteiger partial charge in [0.15, 0.2) is 0 Å². The van der Waals surface area contributed by atoms with E-state index in [2.05, 4.69) is 14.4 Å². The highest BCUT2D eigenvalue weighted by atomic mass is 32.2. The van der Waals surface area contributed by atoms with Crippen LogP contribution in [0.3, 0.4) is 0 Å². The van der Waals surface area contributed by atoms with Crippen molar-refractivity contribution in [3.63, 3.8) is 0 Å². The highest BCUT2D eigenvalue weighted by Gasteiger charge is 2.45. The molecule has 29 heavy (non-hydrogen) atoms. The maximum Gasteiger partial charge on any atom is 0.573 e. The first-order valence-corrected chi connectivity index (χ1v) is 9.91. The number of rotatable bonds is 4. The van der Waals surface area contributed by atoms with E-state index in [1.165, 1.54) is 12.3 Å². The Hall–Kier alpha value is -2.20. The second-order valence-corrected chi connectivity index (χ2v) is 9.49. The Morgan fingerprint density at radius 3 is 2.59 bits per heavy atom. The molecule has 1 unspecified atom stereocenters. The predicted molar refractivity (Wildman–Crippen MR) is 99.2 cm³/mol. The van der Waals surface area contributed by atoms with Crippen molar-refractivity contribution >= 4 is 11.0 Å². The summed E-state index contributed by atoms with van der Waals surface area (Å²) in [4.78, 5) is 4.31. The summed E-state index contributed by atoms with van der Waals surface area (Å²) in [5.41, 5.74) is -1.03. The van der Waals surface area contributed by atoms with Gasteiger partial charge in [-0.15, -0.1) is 13.2 Å². The van der Waals surface area contributed by atoms with Crippen molar-refractivity contribution in [2.45, 2.75) is 43.8 Å². The molecule has 1 aromatic heterocycles. The molecule has 2 heterocycles. The molecule has 158 valence electrons. The molecule has 5 nitrogen and oxygen atoms in total. The van der Waals surface area contributed by atoms with Crippen LogP contribution in [0.15, 0.2) is 36.5 Å². The molecule has 0 saturated heterocycles. The van der Waals surface area contributed by atoms with Crippen LogP contribution in [0, 0.1) is 5.82 Å². The molecular weight excluding hydrogens is 412 g/mol. The number of aromatic nitrogens is 1. The van der Waals surface area contributed by atoms with E-state index in [9.17, 15) is 17.4 Å². The van der Waals surface area contributed by atoms with Crippen molar-refractivity contribution in [3.8, 4) is 11.5 Å². The number of hydrogen-bond donors (Lipinski definition) is 1. The lowest BCUT2D eigenvalue weighted by molar-refractivity contribution is -0.274. The lowest BCUT2D eigenvalue weighted by Gasteiger charge is -2.40. The molecule has 2 aromatic rings. The Bertz CT molecular complexity index is 930. The van der Waals surface area contributed by atoms with E-state index < -0.39 is 39.2 Å². The summed E-state index contributed by atoms with van der Waals surface area (Å²) in [6.45, 7) is 5.42. The minimum absolute atomic E-state index is 0.00729. The van der Waals surface area contributed by atoms with Gasteiger partial charge >= 0.3 is 6.36 Å². The summed E-state index contributed by atoms with van der Waals surface area (Å²) in [6.07, 6.45) is -3.28. The molecule has 2 atom stereocenters. The number of halogens is 4. The van der Waals surface area contributed by atoms with Crippen LogP contribution in [-0.4, -0.2) is 26.9 Å². The van der Waals surface area contributed by atoms with E-state index in [-0.39, 0.29) is 18.6 Å².